The van der Waals surface area contributed by atoms with Crippen LogP contribution in [0.2, 0.25) is 0 Å². The molecule has 5 rings (SSSR count). The highest BCUT2D eigenvalue weighted by atomic mass is 32.1. The second-order valence-electron chi connectivity index (χ2n) is 9.56. The number of fused-ring (bicyclic) bond motifs is 1. The van der Waals surface area contributed by atoms with Crippen molar-refractivity contribution in [1.29, 1.82) is 0 Å². The molecule has 0 bridgehead atoms. The molecule has 0 spiro atoms. The number of aromatic amines is 1. The van der Waals surface area contributed by atoms with Crippen LogP contribution in [0.5, 0.6) is 5.75 Å². The Bertz CT molecular complexity index is 1200. The summed E-state index contributed by atoms with van der Waals surface area (Å²) in [4.78, 5) is 26.2. The van der Waals surface area contributed by atoms with Crippen molar-refractivity contribution in [2.75, 3.05) is 26.9 Å². The zero-order valence-electron chi connectivity index (χ0n) is 21.2. The molecule has 2 aliphatic rings. The number of thiophene rings is 1. The SMILES string of the molecule is COOCc1cc2[nH]c(-c3cccc([N+](=O)[O-])c3OCCOC3CCCCO3)c(C3CCCCC3)c2s1. The van der Waals surface area contributed by atoms with E-state index in [1.807, 2.05) is 6.07 Å². The van der Waals surface area contributed by atoms with Gasteiger partial charge in [-0.15, -0.1) is 11.3 Å². The summed E-state index contributed by atoms with van der Waals surface area (Å²) in [5, 5.41) is 12.0. The van der Waals surface area contributed by atoms with Crippen LogP contribution in [0.1, 0.15) is 67.7 Å². The maximum atomic E-state index is 12.0. The summed E-state index contributed by atoms with van der Waals surface area (Å²) in [6, 6.07) is 7.20. The minimum Gasteiger partial charge on any atom is -0.484 e. The molecule has 200 valence electrons. The lowest BCUT2D eigenvalue weighted by atomic mass is 9.83. The van der Waals surface area contributed by atoms with Crippen LogP contribution in [0, 0.1) is 10.1 Å². The van der Waals surface area contributed by atoms with Crippen molar-refractivity contribution in [3.05, 3.63) is 44.8 Å². The first-order valence-electron chi connectivity index (χ1n) is 13.1. The third kappa shape index (κ3) is 5.99. The number of nitro benzene ring substituents is 1. The number of rotatable bonds is 11. The van der Waals surface area contributed by atoms with Gasteiger partial charge < -0.3 is 19.2 Å². The molecule has 1 aromatic carbocycles. The first-order chi connectivity index (χ1) is 18.2. The molecule has 1 saturated heterocycles. The van der Waals surface area contributed by atoms with Crippen molar-refractivity contribution in [2.45, 2.75) is 70.2 Å². The van der Waals surface area contributed by atoms with Crippen LogP contribution >= 0.6 is 11.3 Å². The predicted molar refractivity (Wildman–Crippen MR) is 141 cm³/mol. The summed E-state index contributed by atoms with van der Waals surface area (Å²) in [5.41, 5.74) is 3.80. The Balaban J connectivity index is 1.48. The second kappa shape index (κ2) is 12.4. The second-order valence-corrected chi connectivity index (χ2v) is 10.7. The average Bonchev–Trinajstić information content (AvgIpc) is 3.48. The summed E-state index contributed by atoms with van der Waals surface area (Å²) < 4.78 is 18.7. The summed E-state index contributed by atoms with van der Waals surface area (Å²) in [6.07, 6.45) is 8.56. The normalized spacial score (nSPS) is 18.9. The van der Waals surface area contributed by atoms with Gasteiger partial charge in [0.15, 0.2) is 6.29 Å². The number of ether oxygens (including phenoxy) is 3. The van der Waals surface area contributed by atoms with E-state index in [0.29, 0.717) is 31.3 Å². The molecule has 3 aromatic rings. The quantitative estimate of drug-likeness (QED) is 0.125. The molecule has 1 aliphatic carbocycles. The number of aromatic nitrogens is 1. The molecule has 10 heteroatoms. The van der Waals surface area contributed by atoms with Crippen LogP contribution in [0.4, 0.5) is 5.69 Å². The van der Waals surface area contributed by atoms with Gasteiger partial charge in [-0.3, -0.25) is 10.1 Å². The predicted octanol–water partition coefficient (Wildman–Crippen LogP) is 6.85. The Morgan fingerprint density at radius 3 is 2.73 bits per heavy atom. The van der Waals surface area contributed by atoms with Crippen molar-refractivity contribution in [1.82, 2.24) is 4.98 Å². The molecule has 0 amide bonds. The Labute approximate surface area is 220 Å². The fourth-order valence-electron chi connectivity index (χ4n) is 5.41. The highest BCUT2D eigenvalue weighted by Gasteiger charge is 2.29. The fraction of sp³-hybridized carbons (Fsp3) is 0.556. The minimum atomic E-state index is -0.379. The fourth-order valence-corrected chi connectivity index (χ4v) is 6.56. The molecule has 1 N–H and O–H groups in total. The number of benzene rings is 1. The van der Waals surface area contributed by atoms with Gasteiger partial charge in [0.2, 0.25) is 5.75 Å². The number of hydrogen-bond acceptors (Lipinski definition) is 8. The van der Waals surface area contributed by atoms with Gasteiger partial charge in [0.05, 0.1) is 34.6 Å². The van der Waals surface area contributed by atoms with Crippen molar-refractivity contribution in [3.63, 3.8) is 0 Å². The van der Waals surface area contributed by atoms with Gasteiger partial charge in [0, 0.05) is 23.1 Å². The molecule has 0 radical (unpaired) electrons. The molecule has 1 unspecified atom stereocenters. The zero-order valence-corrected chi connectivity index (χ0v) is 22.0. The standard InChI is InChI=1S/C27H34N2O7S/c1-32-36-17-19-16-21-27(37-19)24(18-8-3-2-4-9-18)25(28-21)20-10-7-11-22(29(30)31)26(20)35-15-14-34-23-12-5-6-13-33-23/h7,10-11,16,18,23,28H,2-6,8-9,12-15,17H2,1H3. The van der Waals surface area contributed by atoms with Gasteiger partial charge in [-0.25, -0.2) is 9.78 Å². The van der Waals surface area contributed by atoms with Crippen molar-refractivity contribution in [3.8, 4) is 17.0 Å². The molecule has 1 aliphatic heterocycles. The maximum Gasteiger partial charge on any atom is 0.311 e. The highest BCUT2D eigenvalue weighted by molar-refractivity contribution is 7.19. The highest BCUT2D eigenvalue weighted by Crippen LogP contribution is 2.48. The van der Waals surface area contributed by atoms with E-state index in [2.05, 4.69) is 11.1 Å². The van der Waals surface area contributed by atoms with Crippen LogP contribution in [0.25, 0.3) is 21.5 Å². The molecule has 2 aromatic heterocycles. The van der Waals surface area contributed by atoms with Crippen molar-refractivity contribution in [2.24, 2.45) is 0 Å². The van der Waals surface area contributed by atoms with E-state index in [9.17, 15) is 10.1 Å². The smallest absolute Gasteiger partial charge is 0.311 e. The topological polar surface area (TPSA) is 105 Å². The summed E-state index contributed by atoms with van der Waals surface area (Å²) in [6.45, 7) is 1.57. The Morgan fingerprint density at radius 2 is 1.97 bits per heavy atom. The lowest BCUT2D eigenvalue weighted by Crippen LogP contribution is -2.24. The van der Waals surface area contributed by atoms with E-state index in [1.165, 1.54) is 42.7 Å². The number of nitrogens with zero attached hydrogens (tertiary/aromatic N) is 1. The number of para-hydroxylation sites is 1. The summed E-state index contributed by atoms with van der Waals surface area (Å²) in [7, 11) is 1.50. The molecular formula is C27H34N2O7S. The number of hydrogen-bond donors (Lipinski definition) is 1. The van der Waals surface area contributed by atoms with Crippen LogP contribution in [0.15, 0.2) is 24.3 Å². The molecule has 1 saturated carbocycles. The third-order valence-corrected chi connectivity index (χ3v) is 8.26. The van der Waals surface area contributed by atoms with Gasteiger partial charge in [-0.1, -0.05) is 25.3 Å². The van der Waals surface area contributed by atoms with E-state index in [0.717, 1.165) is 48.2 Å². The summed E-state index contributed by atoms with van der Waals surface area (Å²) >= 11 is 1.68. The Kier molecular flexibility index (Phi) is 8.73. The largest absolute Gasteiger partial charge is 0.484 e. The Hall–Kier alpha value is -2.50. The van der Waals surface area contributed by atoms with Gasteiger partial charge >= 0.3 is 5.69 Å². The van der Waals surface area contributed by atoms with Gasteiger partial charge in [-0.2, -0.15) is 0 Å². The van der Waals surface area contributed by atoms with Gasteiger partial charge in [0.1, 0.15) is 13.2 Å². The molecule has 9 nitrogen and oxygen atoms in total. The van der Waals surface area contributed by atoms with E-state index in [-0.39, 0.29) is 29.3 Å². The first kappa shape index (κ1) is 26.1. The van der Waals surface area contributed by atoms with Gasteiger partial charge in [-0.05, 0) is 55.7 Å². The molecule has 1 atom stereocenters. The van der Waals surface area contributed by atoms with Crippen LogP contribution in [0.3, 0.4) is 0 Å². The molecular weight excluding hydrogens is 496 g/mol. The monoisotopic (exact) mass is 530 g/mol. The van der Waals surface area contributed by atoms with Crippen LogP contribution in [-0.2, 0) is 25.9 Å². The molecule has 37 heavy (non-hydrogen) atoms. The molecule has 2 fully saturated rings. The van der Waals surface area contributed by atoms with Crippen LogP contribution in [-0.4, -0.2) is 43.1 Å². The number of nitro groups is 1. The van der Waals surface area contributed by atoms with E-state index < -0.39 is 0 Å². The van der Waals surface area contributed by atoms with Gasteiger partial charge in [0.25, 0.3) is 0 Å². The first-order valence-corrected chi connectivity index (χ1v) is 13.9. The van der Waals surface area contributed by atoms with Crippen molar-refractivity contribution >= 4 is 27.2 Å². The average molecular weight is 531 g/mol. The van der Waals surface area contributed by atoms with Crippen molar-refractivity contribution < 1.29 is 28.9 Å². The van der Waals surface area contributed by atoms with E-state index in [1.54, 1.807) is 17.4 Å². The lowest BCUT2D eigenvalue weighted by Gasteiger charge is -2.23. The number of nitrogens with one attached hydrogen (secondary N) is 1. The third-order valence-electron chi connectivity index (χ3n) is 7.12. The lowest BCUT2D eigenvalue weighted by molar-refractivity contribution is -0.385. The minimum absolute atomic E-state index is 0.0480. The maximum absolute atomic E-state index is 12.0. The zero-order chi connectivity index (χ0) is 25.6. The van der Waals surface area contributed by atoms with E-state index >= 15 is 0 Å². The van der Waals surface area contributed by atoms with Crippen LogP contribution < -0.4 is 4.74 Å². The number of H-pyrrole nitrogens is 1. The molecule has 3 heterocycles. The summed E-state index contributed by atoms with van der Waals surface area (Å²) in [5.74, 6) is 0.654. The van der Waals surface area contributed by atoms with E-state index in [4.69, 9.17) is 24.0 Å². The Morgan fingerprint density at radius 1 is 1.14 bits per heavy atom.